The summed E-state index contributed by atoms with van der Waals surface area (Å²) in [5.41, 5.74) is 5.31. The van der Waals surface area contributed by atoms with Gasteiger partial charge in [0.15, 0.2) is 0 Å². The molecule has 1 heterocycles. The van der Waals surface area contributed by atoms with E-state index in [9.17, 15) is 0 Å². The maximum Gasteiger partial charge on any atom is 0.120 e. The minimum Gasteiger partial charge on any atom is -0.497 e. The largest absolute Gasteiger partial charge is 0.497 e. The van der Waals surface area contributed by atoms with Gasteiger partial charge < -0.3 is 14.2 Å². The number of nitrogens with zero attached hydrogens (tertiary/aromatic N) is 1. The van der Waals surface area contributed by atoms with Crippen LogP contribution in [0, 0.1) is 6.92 Å². The zero-order valence-electron chi connectivity index (χ0n) is 17.3. The summed E-state index contributed by atoms with van der Waals surface area (Å²) in [6.07, 6.45) is 0. The summed E-state index contributed by atoms with van der Waals surface area (Å²) in [5.74, 6) is 1.67. The third-order valence-electron chi connectivity index (χ3n) is 4.86. The topological polar surface area (TPSA) is 40.6 Å². The molecule has 0 spiro atoms. The Morgan fingerprint density at radius 1 is 0.733 bits per heavy atom. The molecule has 4 heteroatoms. The molecule has 4 nitrogen and oxygen atoms in total. The monoisotopic (exact) mass is 399 g/mol. The first kappa shape index (κ1) is 19.9. The van der Waals surface area contributed by atoms with Gasteiger partial charge in [-0.2, -0.15) is 0 Å². The van der Waals surface area contributed by atoms with Crippen LogP contribution < -0.4 is 9.47 Å². The van der Waals surface area contributed by atoms with Crippen molar-refractivity contribution in [3.63, 3.8) is 0 Å². The number of rotatable bonds is 8. The highest BCUT2D eigenvalue weighted by atomic mass is 16.5. The molecule has 0 radical (unpaired) electrons. The van der Waals surface area contributed by atoms with Gasteiger partial charge in [-0.05, 0) is 54.4 Å². The number of aryl methyl sites for hydroxylation is 1. The van der Waals surface area contributed by atoms with Gasteiger partial charge in [0.1, 0.15) is 18.1 Å². The van der Waals surface area contributed by atoms with Crippen molar-refractivity contribution in [1.29, 1.82) is 0 Å². The summed E-state index contributed by atoms with van der Waals surface area (Å²) in [4.78, 5) is 4.66. The number of fused-ring (bicyclic) bond motifs is 1. The minimum atomic E-state index is 0.455. The summed E-state index contributed by atoms with van der Waals surface area (Å²) < 4.78 is 17.1. The predicted octanol–water partition coefficient (Wildman–Crippen LogP) is 5.85. The molecule has 152 valence electrons. The van der Waals surface area contributed by atoms with Gasteiger partial charge in [-0.15, -0.1) is 0 Å². The normalized spacial score (nSPS) is 10.9. The van der Waals surface area contributed by atoms with Crippen LogP contribution in [0.25, 0.3) is 10.9 Å². The smallest absolute Gasteiger partial charge is 0.120 e. The maximum absolute atomic E-state index is 5.94. The second-order valence-electron chi connectivity index (χ2n) is 7.28. The van der Waals surface area contributed by atoms with E-state index < -0.39 is 0 Å². The summed E-state index contributed by atoms with van der Waals surface area (Å²) in [6, 6.07) is 26.3. The van der Waals surface area contributed by atoms with E-state index in [0.29, 0.717) is 19.8 Å². The zero-order valence-corrected chi connectivity index (χ0v) is 17.3. The van der Waals surface area contributed by atoms with Crippen LogP contribution in [-0.4, -0.2) is 12.1 Å². The highest BCUT2D eigenvalue weighted by Crippen LogP contribution is 2.20. The van der Waals surface area contributed by atoms with Crippen molar-refractivity contribution in [3.05, 3.63) is 101 Å². The Labute approximate surface area is 177 Å². The van der Waals surface area contributed by atoms with E-state index in [1.54, 1.807) is 7.11 Å². The molecule has 0 unspecified atom stereocenters. The van der Waals surface area contributed by atoms with Crippen molar-refractivity contribution in [1.82, 2.24) is 4.98 Å². The molecule has 0 aliphatic carbocycles. The fourth-order valence-corrected chi connectivity index (χ4v) is 3.32. The van der Waals surface area contributed by atoms with E-state index in [1.165, 1.54) is 5.56 Å². The molecule has 0 amide bonds. The molecular formula is C26H25NO3. The Balaban J connectivity index is 1.32. The van der Waals surface area contributed by atoms with Gasteiger partial charge in [-0.25, -0.2) is 0 Å². The SMILES string of the molecule is COc1ccc2nc(COCc3cccc(OCc4cccc(C)c4)c3)ccc2c1. The second kappa shape index (κ2) is 9.42. The molecule has 0 aliphatic rings. The van der Waals surface area contributed by atoms with Crippen molar-refractivity contribution < 1.29 is 14.2 Å². The van der Waals surface area contributed by atoms with E-state index >= 15 is 0 Å². The standard InChI is InChI=1S/C26H25NO3/c1-19-5-3-6-20(13-19)17-30-25-8-4-7-21(14-25)16-29-18-23-10-9-22-15-24(28-2)11-12-26(22)27-23/h3-15H,16-18H2,1-2H3. The number of ether oxygens (including phenoxy) is 3. The van der Waals surface area contributed by atoms with Gasteiger partial charge >= 0.3 is 0 Å². The molecule has 4 aromatic rings. The summed E-state index contributed by atoms with van der Waals surface area (Å²) in [6.45, 7) is 3.60. The average molecular weight is 399 g/mol. The molecule has 1 aromatic heterocycles. The summed E-state index contributed by atoms with van der Waals surface area (Å²) in [7, 11) is 1.67. The van der Waals surface area contributed by atoms with Gasteiger partial charge in [0, 0.05) is 5.39 Å². The van der Waals surface area contributed by atoms with Crippen molar-refractivity contribution in [3.8, 4) is 11.5 Å². The Hall–Kier alpha value is -3.37. The van der Waals surface area contributed by atoms with E-state index in [0.717, 1.165) is 39.2 Å². The third kappa shape index (κ3) is 5.16. The van der Waals surface area contributed by atoms with E-state index in [4.69, 9.17) is 14.2 Å². The first-order valence-electron chi connectivity index (χ1n) is 9.98. The molecule has 0 fully saturated rings. The van der Waals surface area contributed by atoms with Crippen molar-refractivity contribution >= 4 is 10.9 Å². The molecule has 0 saturated heterocycles. The molecule has 0 bridgehead atoms. The maximum atomic E-state index is 5.94. The van der Waals surface area contributed by atoms with Crippen LogP contribution in [0.15, 0.2) is 78.9 Å². The van der Waals surface area contributed by atoms with Crippen molar-refractivity contribution in [2.24, 2.45) is 0 Å². The van der Waals surface area contributed by atoms with E-state index in [-0.39, 0.29) is 0 Å². The Kier molecular flexibility index (Phi) is 6.26. The second-order valence-corrected chi connectivity index (χ2v) is 7.28. The number of methoxy groups -OCH3 is 1. The molecule has 30 heavy (non-hydrogen) atoms. The predicted molar refractivity (Wildman–Crippen MR) is 119 cm³/mol. The molecule has 4 rings (SSSR count). The van der Waals surface area contributed by atoms with Crippen LogP contribution in [0.3, 0.4) is 0 Å². The number of aromatic nitrogens is 1. The number of pyridine rings is 1. The lowest BCUT2D eigenvalue weighted by atomic mass is 10.1. The zero-order chi connectivity index (χ0) is 20.8. The average Bonchev–Trinajstić information content (AvgIpc) is 2.78. The first-order valence-corrected chi connectivity index (χ1v) is 9.98. The third-order valence-corrected chi connectivity index (χ3v) is 4.86. The van der Waals surface area contributed by atoms with Gasteiger partial charge in [0.05, 0.1) is 31.5 Å². The Morgan fingerprint density at radius 3 is 2.40 bits per heavy atom. The first-order chi connectivity index (χ1) is 14.7. The number of hydrogen-bond acceptors (Lipinski definition) is 4. The molecular weight excluding hydrogens is 374 g/mol. The van der Waals surface area contributed by atoms with Crippen LogP contribution in [0.4, 0.5) is 0 Å². The molecule has 0 atom stereocenters. The van der Waals surface area contributed by atoms with Crippen LogP contribution in [-0.2, 0) is 24.6 Å². The number of hydrogen-bond donors (Lipinski definition) is 0. The molecule has 0 N–H and O–H groups in total. The molecule has 0 aliphatic heterocycles. The van der Waals surface area contributed by atoms with Crippen LogP contribution >= 0.6 is 0 Å². The minimum absolute atomic E-state index is 0.455. The van der Waals surface area contributed by atoms with Crippen molar-refractivity contribution in [2.75, 3.05) is 7.11 Å². The lowest BCUT2D eigenvalue weighted by Gasteiger charge is -2.10. The fraction of sp³-hybridized carbons (Fsp3) is 0.192. The summed E-state index contributed by atoms with van der Waals surface area (Å²) >= 11 is 0. The summed E-state index contributed by atoms with van der Waals surface area (Å²) in [5, 5.41) is 1.05. The Morgan fingerprint density at radius 2 is 1.57 bits per heavy atom. The van der Waals surface area contributed by atoms with Gasteiger partial charge in [0.2, 0.25) is 0 Å². The van der Waals surface area contributed by atoms with Gasteiger partial charge in [0.25, 0.3) is 0 Å². The fourth-order valence-electron chi connectivity index (χ4n) is 3.32. The van der Waals surface area contributed by atoms with E-state index in [2.05, 4.69) is 36.2 Å². The number of benzene rings is 3. The highest BCUT2D eigenvalue weighted by Gasteiger charge is 2.03. The molecule has 3 aromatic carbocycles. The van der Waals surface area contributed by atoms with Gasteiger partial charge in [-0.1, -0.05) is 48.0 Å². The van der Waals surface area contributed by atoms with Gasteiger partial charge in [-0.3, -0.25) is 4.98 Å². The Bertz CT molecular complexity index is 1140. The lowest BCUT2D eigenvalue weighted by Crippen LogP contribution is -1.99. The van der Waals surface area contributed by atoms with E-state index in [1.807, 2.05) is 54.6 Å². The van der Waals surface area contributed by atoms with Crippen molar-refractivity contribution in [2.45, 2.75) is 26.7 Å². The quantitative estimate of drug-likeness (QED) is 0.373. The highest BCUT2D eigenvalue weighted by molar-refractivity contribution is 5.80. The van der Waals surface area contributed by atoms with Crippen LogP contribution in [0.5, 0.6) is 11.5 Å². The van der Waals surface area contributed by atoms with Crippen LogP contribution in [0.1, 0.15) is 22.4 Å². The lowest BCUT2D eigenvalue weighted by molar-refractivity contribution is 0.104. The van der Waals surface area contributed by atoms with Crippen LogP contribution in [0.2, 0.25) is 0 Å². The molecule has 0 saturated carbocycles.